The Morgan fingerprint density at radius 1 is 1.29 bits per heavy atom. The molecule has 0 radical (unpaired) electrons. The minimum atomic E-state index is -0.688. The van der Waals surface area contributed by atoms with E-state index >= 15 is 0 Å². The number of carbonyl (C=O) groups excluding carboxylic acids is 2. The molecule has 1 atom stereocenters. The summed E-state index contributed by atoms with van der Waals surface area (Å²) in [5, 5.41) is 2.83. The summed E-state index contributed by atoms with van der Waals surface area (Å²) in [5.41, 5.74) is -0.688. The quantitative estimate of drug-likeness (QED) is 0.791. The average molecular weight is 238 g/mol. The highest BCUT2D eigenvalue weighted by molar-refractivity contribution is 5.97. The summed E-state index contributed by atoms with van der Waals surface area (Å²) in [7, 11) is 0. The molecule has 1 N–H and O–H groups in total. The highest BCUT2D eigenvalue weighted by atomic mass is 16.2. The minimum Gasteiger partial charge on any atom is -0.340 e. The van der Waals surface area contributed by atoms with E-state index in [0.717, 1.165) is 12.8 Å². The fourth-order valence-corrected chi connectivity index (χ4v) is 2.87. The highest BCUT2D eigenvalue weighted by Gasteiger charge is 2.43. The molecule has 4 heteroatoms. The van der Waals surface area contributed by atoms with Crippen molar-refractivity contribution in [1.82, 2.24) is 10.2 Å². The number of nitrogens with zero attached hydrogens (tertiary/aromatic N) is 1. The van der Waals surface area contributed by atoms with Crippen molar-refractivity contribution >= 4 is 11.8 Å². The maximum atomic E-state index is 12.4. The van der Waals surface area contributed by atoms with E-state index in [1.165, 1.54) is 19.3 Å². The summed E-state index contributed by atoms with van der Waals surface area (Å²) in [6.45, 7) is 4.03. The first-order valence-electron chi connectivity index (χ1n) is 6.69. The summed E-state index contributed by atoms with van der Waals surface area (Å²) in [6, 6.07) is 0.285. The van der Waals surface area contributed by atoms with Crippen molar-refractivity contribution in [1.29, 1.82) is 0 Å². The van der Waals surface area contributed by atoms with Crippen LogP contribution in [0.5, 0.6) is 0 Å². The Morgan fingerprint density at radius 2 is 1.94 bits per heavy atom. The van der Waals surface area contributed by atoms with E-state index < -0.39 is 5.54 Å². The number of amides is 2. The van der Waals surface area contributed by atoms with Gasteiger partial charge in [-0.2, -0.15) is 0 Å². The minimum absolute atomic E-state index is 0.0143. The summed E-state index contributed by atoms with van der Waals surface area (Å²) in [6.07, 6.45) is 6.38. The van der Waals surface area contributed by atoms with Gasteiger partial charge in [0.05, 0.1) is 6.54 Å². The van der Waals surface area contributed by atoms with Crippen LogP contribution in [0.15, 0.2) is 0 Å². The Bertz CT molecular complexity index is 323. The second kappa shape index (κ2) is 4.67. The van der Waals surface area contributed by atoms with E-state index in [4.69, 9.17) is 0 Å². The number of rotatable bonds is 2. The van der Waals surface area contributed by atoms with E-state index in [1.54, 1.807) is 0 Å². The maximum absolute atomic E-state index is 12.4. The first kappa shape index (κ1) is 12.4. The Balaban J connectivity index is 2.15. The van der Waals surface area contributed by atoms with Gasteiger partial charge in [-0.05, 0) is 26.2 Å². The SMILES string of the molecule is CCC1(C)NC(=O)CN(C2CCCCC2)C1=O. The number of piperazine rings is 1. The van der Waals surface area contributed by atoms with Crippen LogP contribution in [0.4, 0.5) is 0 Å². The second-order valence-electron chi connectivity index (χ2n) is 5.46. The molecular weight excluding hydrogens is 216 g/mol. The van der Waals surface area contributed by atoms with Crippen LogP contribution in [0.3, 0.4) is 0 Å². The Hall–Kier alpha value is -1.06. The molecule has 2 amide bonds. The van der Waals surface area contributed by atoms with Crippen molar-refractivity contribution in [3.05, 3.63) is 0 Å². The molecule has 96 valence electrons. The lowest BCUT2D eigenvalue weighted by Crippen LogP contribution is -2.66. The van der Waals surface area contributed by atoms with Gasteiger partial charge in [0, 0.05) is 6.04 Å². The molecule has 1 saturated carbocycles. The maximum Gasteiger partial charge on any atom is 0.248 e. The third-order valence-electron chi connectivity index (χ3n) is 4.18. The van der Waals surface area contributed by atoms with Gasteiger partial charge in [-0.25, -0.2) is 0 Å². The lowest BCUT2D eigenvalue weighted by molar-refractivity contribution is -0.152. The first-order chi connectivity index (χ1) is 8.07. The molecule has 0 bridgehead atoms. The topological polar surface area (TPSA) is 49.4 Å². The molecule has 4 nitrogen and oxygen atoms in total. The molecular formula is C13H22N2O2. The largest absolute Gasteiger partial charge is 0.340 e. The van der Waals surface area contributed by atoms with Crippen molar-refractivity contribution in [2.75, 3.05) is 6.54 Å². The molecule has 0 aromatic carbocycles. The smallest absolute Gasteiger partial charge is 0.248 e. The molecule has 1 aliphatic heterocycles. The highest BCUT2D eigenvalue weighted by Crippen LogP contribution is 2.27. The Labute approximate surface area is 103 Å². The molecule has 1 heterocycles. The van der Waals surface area contributed by atoms with Crippen molar-refractivity contribution in [2.45, 2.75) is 64.0 Å². The monoisotopic (exact) mass is 238 g/mol. The van der Waals surface area contributed by atoms with Crippen molar-refractivity contribution in [3.63, 3.8) is 0 Å². The van der Waals surface area contributed by atoms with Gasteiger partial charge in [0.1, 0.15) is 5.54 Å². The zero-order valence-electron chi connectivity index (χ0n) is 10.8. The van der Waals surface area contributed by atoms with Crippen LogP contribution in [0.1, 0.15) is 52.4 Å². The van der Waals surface area contributed by atoms with Crippen LogP contribution in [0, 0.1) is 0 Å². The summed E-state index contributed by atoms with van der Waals surface area (Å²) in [4.78, 5) is 26.0. The lowest BCUT2D eigenvalue weighted by atomic mass is 9.89. The zero-order chi connectivity index (χ0) is 12.5. The van der Waals surface area contributed by atoms with E-state index in [-0.39, 0.29) is 24.4 Å². The van der Waals surface area contributed by atoms with Crippen molar-refractivity contribution < 1.29 is 9.59 Å². The molecule has 0 aromatic heterocycles. The summed E-state index contributed by atoms with van der Waals surface area (Å²) >= 11 is 0. The normalized spacial score (nSPS) is 31.5. The Kier molecular flexibility index (Phi) is 3.40. The number of carbonyl (C=O) groups is 2. The predicted octanol–water partition coefficient (Wildman–Crippen LogP) is 1.45. The fraction of sp³-hybridized carbons (Fsp3) is 0.846. The van der Waals surface area contributed by atoms with E-state index in [2.05, 4.69) is 5.32 Å². The first-order valence-corrected chi connectivity index (χ1v) is 6.69. The number of hydrogen-bond donors (Lipinski definition) is 1. The molecule has 2 rings (SSSR count). The summed E-state index contributed by atoms with van der Waals surface area (Å²) < 4.78 is 0. The second-order valence-corrected chi connectivity index (χ2v) is 5.46. The molecule has 0 aromatic rings. The zero-order valence-corrected chi connectivity index (χ0v) is 10.8. The third-order valence-corrected chi connectivity index (χ3v) is 4.18. The van der Waals surface area contributed by atoms with Crippen LogP contribution >= 0.6 is 0 Å². The van der Waals surface area contributed by atoms with E-state index in [1.807, 2.05) is 18.7 Å². The van der Waals surface area contributed by atoms with Gasteiger partial charge in [0.25, 0.3) is 0 Å². The van der Waals surface area contributed by atoms with Gasteiger partial charge in [-0.3, -0.25) is 9.59 Å². The van der Waals surface area contributed by atoms with E-state index in [0.29, 0.717) is 6.42 Å². The van der Waals surface area contributed by atoms with Crippen molar-refractivity contribution in [2.24, 2.45) is 0 Å². The molecule has 1 saturated heterocycles. The molecule has 1 aliphatic carbocycles. The number of nitrogens with one attached hydrogen (secondary N) is 1. The molecule has 0 spiro atoms. The van der Waals surface area contributed by atoms with Crippen molar-refractivity contribution in [3.8, 4) is 0 Å². The van der Waals surface area contributed by atoms with Crippen LogP contribution in [-0.2, 0) is 9.59 Å². The number of hydrogen-bond acceptors (Lipinski definition) is 2. The fourth-order valence-electron chi connectivity index (χ4n) is 2.87. The molecule has 2 aliphatic rings. The van der Waals surface area contributed by atoms with Gasteiger partial charge in [-0.15, -0.1) is 0 Å². The molecule has 17 heavy (non-hydrogen) atoms. The lowest BCUT2D eigenvalue weighted by Gasteiger charge is -2.44. The average Bonchev–Trinajstić information content (AvgIpc) is 2.35. The Morgan fingerprint density at radius 3 is 2.53 bits per heavy atom. The van der Waals surface area contributed by atoms with Gasteiger partial charge < -0.3 is 10.2 Å². The summed E-state index contributed by atoms with van der Waals surface area (Å²) in [5.74, 6) is 0.0889. The van der Waals surface area contributed by atoms with E-state index in [9.17, 15) is 9.59 Å². The van der Waals surface area contributed by atoms with Gasteiger partial charge >= 0.3 is 0 Å². The van der Waals surface area contributed by atoms with Crippen LogP contribution in [-0.4, -0.2) is 34.8 Å². The van der Waals surface area contributed by atoms with Gasteiger partial charge in [0.15, 0.2) is 0 Å². The molecule has 1 unspecified atom stereocenters. The standard InChI is InChI=1S/C13H22N2O2/c1-3-13(2)12(17)15(9-11(16)14-13)10-7-5-4-6-8-10/h10H,3-9H2,1-2H3,(H,14,16). The predicted molar refractivity (Wildman–Crippen MR) is 65.4 cm³/mol. The third kappa shape index (κ3) is 2.31. The van der Waals surface area contributed by atoms with Crippen LogP contribution in [0.25, 0.3) is 0 Å². The van der Waals surface area contributed by atoms with Crippen LogP contribution in [0.2, 0.25) is 0 Å². The molecule has 2 fully saturated rings. The van der Waals surface area contributed by atoms with Crippen LogP contribution < -0.4 is 5.32 Å². The van der Waals surface area contributed by atoms with Gasteiger partial charge in [-0.1, -0.05) is 26.2 Å². The van der Waals surface area contributed by atoms with Gasteiger partial charge in [0.2, 0.25) is 11.8 Å².